The molecule has 1 unspecified atom stereocenters. The zero-order valence-corrected chi connectivity index (χ0v) is 25.1. The molecule has 0 aliphatic carbocycles. The molecule has 0 fully saturated rings. The summed E-state index contributed by atoms with van der Waals surface area (Å²) in [5.74, 6) is -0.0745. The summed E-state index contributed by atoms with van der Waals surface area (Å²) in [7, 11) is -2.62. The molecule has 0 radical (unpaired) electrons. The van der Waals surface area contributed by atoms with Crippen molar-refractivity contribution in [1.29, 1.82) is 0 Å². The summed E-state index contributed by atoms with van der Waals surface area (Å²) < 4.78 is 47.1. The lowest BCUT2D eigenvalue weighted by molar-refractivity contribution is -0.137. The normalized spacial score (nSPS) is 21.6. The number of fused-ring (bicyclic) bond motifs is 6. The number of carboxylic acids is 1. The topological polar surface area (TPSA) is 133 Å². The highest BCUT2D eigenvalue weighted by Crippen LogP contribution is 2.41. The average molecular weight is 607 g/mol. The van der Waals surface area contributed by atoms with Gasteiger partial charge in [0.25, 0.3) is 0 Å². The van der Waals surface area contributed by atoms with Crippen LogP contribution in [-0.4, -0.2) is 52.5 Å². The zero-order chi connectivity index (χ0) is 30.3. The van der Waals surface area contributed by atoms with Crippen LogP contribution in [-0.2, 0) is 28.2 Å². The van der Waals surface area contributed by atoms with E-state index < -0.39 is 28.2 Å². The van der Waals surface area contributed by atoms with Crippen molar-refractivity contribution in [2.75, 3.05) is 13.7 Å². The molecule has 3 atom stereocenters. The van der Waals surface area contributed by atoms with Gasteiger partial charge in [0.15, 0.2) is 0 Å². The van der Waals surface area contributed by atoms with Crippen LogP contribution in [0.5, 0.6) is 17.2 Å². The first kappa shape index (κ1) is 28.9. The van der Waals surface area contributed by atoms with Crippen molar-refractivity contribution in [3.63, 3.8) is 0 Å². The summed E-state index contributed by atoms with van der Waals surface area (Å²) >= 11 is 0. The van der Waals surface area contributed by atoms with Crippen molar-refractivity contribution >= 4 is 27.3 Å². The van der Waals surface area contributed by atoms with Crippen molar-refractivity contribution in [2.45, 2.75) is 64.6 Å². The summed E-state index contributed by atoms with van der Waals surface area (Å²) in [5.41, 5.74) is 5.31. The minimum atomic E-state index is -4.14. The molecule has 43 heavy (non-hydrogen) atoms. The third kappa shape index (κ3) is 5.52. The Hall–Kier alpha value is -4.16. The highest BCUT2D eigenvalue weighted by atomic mass is 32.2. The maximum atomic E-state index is 13.4. The molecule has 0 saturated heterocycles. The van der Waals surface area contributed by atoms with Crippen LogP contribution in [0.1, 0.15) is 72.4 Å². The van der Waals surface area contributed by atoms with Crippen molar-refractivity contribution in [3.05, 3.63) is 76.3 Å². The van der Waals surface area contributed by atoms with E-state index in [4.69, 9.17) is 13.7 Å². The van der Waals surface area contributed by atoms with E-state index in [-0.39, 0.29) is 18.7 Å². The second kappa shape index (κ2) is 11.5. The lowest BCUT2D eigenvalue weighted by Gasteiger charge is -2.33. The largest absolute Gasteiger partial charge is 0.496 e. The Morgan fingerprint density at radius 1 is 1.09 bits per heavy atom. The van der Waals surface area contributed by atoms with Crippen LogP contribution in [0.15, 0.2) is 48.5 Å². The number of aryl methyl sites for hydroxylation is 2. The number of hydrogen-bond donors (Lipinski definition) is 1. The predicted molar refractivity (Wildman–Crippen MR) is 159 cm³/mol. The van der Waals surface area contributed by atoms with Gasteiger partial charge in [0.1, 0.15) is 22.8 Å². The number of aromatic nitrogens is 3. The zero-order valence-electron chi connectivity index (χ0n) is 24.3. The lowest BCUT2D eigenvalue weighted by atomic mass is 9.84. The van der Waals surface area contributed by atoms with Crippen LogP contribution in [0.25, 0.3) is 11.0 Å². The van der Waals surface area contributed by atoms with Gasteiger partial charge in [0, 0.05) is 30.1 Å². The summed E-state index contributed by atoms with van der Waals surface area (Å²) in [6.45, 7) is 5.01. The molecule has 11 nitrogen and oxygen atoms in total. The van der Waals surface area contributed by atoms with E-state index in [0.717, 1.165) is 47.0 Å². The van der Waals surface area contributed by atoms with Gasteiger partial charge < -0.3 is 18.8 Å². The number of ether oxygens (including phenoxy) is 2. The Labute approximate surface area is 250 Å². The second-order valence-corrected chi connectivity index (χ2v) is 12.5. The molecule has 3 aliphatic heterocycles. The number of aliphatic carboxylic acids is 1. The summed E-state index contributed by atoms with van der Waals surface area (Å²) in [6, 6.07) is 13.8. The van der Waals surface area contributed by atoms with Crippen LogP contribution in [0, 0.1) is 6.92 Å². The Morgan fingerprint density at radius 3 is 2.72 bits per heavy atom. The third-order valence-electron chi connectivity index (χ3n) is 8.40. The van der Waals surface area contributed by atoms with E-state index in [1.54, 1.807) is 25.1 Å². The molecule has 7 rings (SSSR count). The molecule has 1 aromatic heterocycles. The number of nitrogens with zero attached hydrogens (tertiary/aromatic N) is 4. The van der Waals surface area contributed by atoms with Crippen LogP contribution in [0.4, 0.5) is 0 Å². The number of carboxylic acid groups (broad SMARTS) is 1. The summed E-state index contributed by atoms with van der Waals surface area (Å²) in [5, 5.41) is 18.8. The standard InChI is InChI=1S/C31H34N4O7S/c1-19-24-9-10-27-31(19)32-33-34(27)13-5-4-6-14-41-23-8-12-28-22(15-23)18-35(43(38,39)42-28)20(2)25-16-21(7-11-29(25)40-3)26(24)17-30(36)37/h7-12,15-16,20,26H,4-6,13-14,17-18H2,1-3H3,(H,36,37)/t20-,26-/m1/s1. The summed E-state index contributed by atoms with van der Waals surface area (Å²) in [4.78, 5) is 12.1. The van der Waals surface area contributed by atoms with Gasteiger partial charge >= 0.3 is 16.3 Å². The number of carbonyl (C=O) groups is 1. The van der Waals surface area contributed by atoms with Crippen LogP contribution in [0.2, 0.25) is 0 Å². The molecular formula is C31H34N4O7S. The second-order valence-electron chi connectivity index (χ2n) is 11.1. The average Bonchev–Trinajstić information content (AvgIpc) is 3.40. The number of rotatable bonds is 3. The maximum Gasteiger partial charge on any atom is 0.386 e. The lowest BCUT2D eigenvalue weighted by Crippen LogP contribution is -2.39. The fourth-order valence-electron chi connectivity index (χ4n) is 6.08. The molecule has 12 heteroatoms. The van der Waals surface area contributed by atoms with Crippen LogP contribution in [0.3, 0.4) is 0 Å². The molecule has 4 heterocycles. The maximum absolute atomic E-state index is 13.4. The number of benzene rings is 3. The highest BCUT2D eigenvalue weighted by molar-refractivity contribution is 7.84. The quantitative estimate of drug-likeness (QED) is 0.337. The monoisotopic (exact) mass is 606 g/mol. The van der Waals surface area contributed by atoms with Crippen molar-refractivity contribution < 1.29 is 32.0 Å². The van der Waals surface area contributed by atoms with Crippen molar-refractivity contribution in [3.8, 4) is 17.2 Å². The summed E-state index contributed by atoms with van der Waals surface area (Å²) in [6.07, 6.45) is 2.49. The first-order chi connectivity index (χ1) is 20.7. The molecule has 0 spiro atoms. The predicted octanol–water partition coefficient (Wildman–Crippen LogP) is 5.12. The smallest absolute Gasteiger partial charge is 0.386 e. The Bertz CT molecular complexity index is 1800. The Balaban J connectivity index is 1.50. The number of hydrogen-bond acceptors (Lipinski definition) is 8. The van der Waals surface area contributed by atoms with Gasteiger partial charge in [-0.15, -0.1) is 5.10 Å². The molecule has 226 valence electrons. The third-order valence-corrected chi connectivity index (χ3v) is 9.81. The van der Waals surface area contributed by atoms with Gasteiger partial charge in [-0.2, -0.15) is 12.7 Å². The molecule has 4 aromatic rings. The van der Waals surface area contributed by atoms with E-state index in [1.807, 2.05) is 41.9 Å². The Morgan fingerprint density at radius 2 is 1.93 bits per heavy atom. The highest BCUT2D eigenvalue weighted by Gasteiger charge is 2.37. The first-order valence-corrected chi connectivity index (χ1v) is 15.7. The van der Waals surface area contributed by atoms with Crippen molar-refractivity contribution in [1.82, 2.24) is 19.3 Å². The fraction of sp³-hybridized carbons (Fsp3) is 0.387. The van der Waals surface area contributed by atoms with Gasteiger partial charge in [-0.1, -0.05) is 17.3 Å². The van der Waals surface area contributed by atoms with E-state index in [1.165, 1.54) is 11.4 Å². The molecule has 0 amide bonds. The van der Waals surface area contributed by atoms with Crippen molar-refractivity contribution in [2.24, 2.45) is 0 Å². The van der Waals surface area contributed by atoms with Gasteiger partial charge in [0.05, 0.1) is 31.7 Å². The van der Waals surface area contributed by atoms with Crippen LogP contribution >= 0.6 is 0 Å². The minimum Gasteiger partial charge on any atom is -0.496 e. The molecule has 1 N–H and O–H groups in total. The van der Waals surface area contributed by atoms with Gasteiger partial charge in [0.2, 0.25) is 0 Å². The van der Waals surface area contributed by atoms with E-state index in [2.05, 4.69) is 10.3 Å². The molecule has 3 aromatic carbocycles. The Kier molecular flexibility index (Phi) is 7.74. The van der Waals surface area contributed by atoms with Crippen LogP contribution < -0.4 is 13.7 Å². The van der Waals surface area contributed by atoms with E-state index >= 15 is 0 Å². The fourth-order valence-corrected chi connectivity index (χ4v) is 7.36. The number of methoxy groups -OCH3 is 1. The van der Waals surface area contributed by atoms with E-state index in [9.17, 15) is 18.3 Å². The molecule has 0 saturated carbocycles. The van der Waals surface area contributed by atoms with Gasteiger partial charge in [-0.25, -0.2) is 4.68 Å². The SMILES string of the molecule is COc1ccc2cc1[C@@H](C)N1Cc3cc(ccc3OS1(=O)=O)OCCCCCn1nnc3c(C)c(ccc31)[C@@H]2CC(=O)O. The van der Waals surface area contributed by atoms with Gasteiger partial charge in [-0.05, 0) is 86.2 Å². The first-order valence-electron chi connectivity index (χ1n) is 14.4. The molecule has 9 bridgehead atoms. The molecule has 3 aliphatic rings. The molecular weight excluding hydrogens is 572 g/mol. The van der Waals surface area contributed by atoms with E-state index in [0.29, 0.717) is 35.8 Å². The van der Waals surface area contributed by atoms with Gasteiger partial charge in [-0.3, -0.25) is 4.79 Å². The minimum absolute atomic E-state index is 0.0761.